The number of benzene rings is 2. The first-order valence-electron chi connectivity index (χ1n) is 9.15. The van der Waals surface area contributed by atoms with E-state index in [2.05, 4.69) is 4.74 Å². The van der Waals surface area contributed by atoms with E-state index in [-0.39, 0.29) is 11.5 Å². The van der Waals surface area contributed by atoms with Gasteiger partial charge in [-0.2, -0.15) is 0 Å². The Hall–Kier alpha value is -3.45. The molecule has 148 valence electrons. The van der Waals surface area contributed by atoms with E-state index in [1.807, 2.05) is 0 Å². The van der Waals surface area contributed by atoms with Crippen LogP contribution in [0.5, 0.6) is 11.5 Å². The second-order valence-electron chi connectivity index (χ2n) is 6.63. The molecule has 0 N–H and O–H groups in total. The molecule has 1 unspecified atom stereocenters. The maximum atomic E-state index is 12.6. The monoisotopic (exact) mass is 394 g/mol. The van der Waals surface area contributed by atoms with Gasteiger partial charge in [0.25, 0.3) is 0 Å². The quantitative estimate of drug-likeness (QED) is 0.447. The van der Waals surface area contributed by atoms with E-state index in [9.17, 15) is 14.4 Å². The number of fused-ring (bicyclic) bond motifs is 1. The Balaban J connectivity index is 1.49. The second kappa shape index (κ2) is 7.89. The minimum Gasteiger partial charge on any atom is -0.465 e. The minimum atomic E-state index is -0.547. The molecule has 0 amide bonds. The molecule has 2 heterocycles. The van der Waals surface area contributed by atoms with E-state index in [4.69, 9.17) is 14.2 Å². The number of allylic oxidation sites excluding steroid dienone is 1. The predicted octanol–water partition coefficient (Wildman–Crippen LogP) is 3.17. The Morgan fingerprint density at radius 1 is 1.14 bits per heavy atom. The van der Waals surface area contributed by atoms with Crippen molar-refractivity contribution < 1.29 is 33.3 Å². The zero-order chi connectivity index (χ0) is 20.4. The normalized spacial score (nSPS) is 19.0. The topological polar surface area (TPSA) is 88.1 Å². The predicted molar refractivity (Wildman–Crippen MR) is 102 cm³/mol. The number of esters is 2. The first-order chi connectivity index (χ1) is 14.0. The fraction of sp³-hybridized carbons (Fsp3) is 0.227. The zero-order valence-corrected chi connectivity index (χ0v) is 15.7. The maximum Gasteiger partial charge on any atom is 0.340 e. The largest absolute Gasteiger partial charge is 0.465 e. The number of ether oxygens (including phenoxy) is 4. The number of hydrogen-bond acceptors (Lipinski definition) is 7. The Labute approximate surface area is 166 Å². The third-order valence-electron chi connectivity index (χ3n) is 4.68. The van der Waals surface area contributed by atoms with Crippen LogP contribution in [0.3, 0.4) is 0 Å². The van der Waals surface area contributed by atoms with Gasteiger partial charge in [-0.1, -0.05) is 12.1 Å². The molecule has 29 heavy (non-hydrogen) atoms. The maximum absolute atomic E-state index is 12.6. The molecular weight excluding hydrogens is 376 g/mol. The van der Waals surface area contributed by atoms with Crippen LogP contribution in [0, 0.1) is 0 Å². The van der Waals surface area contributed by atoms with Gasteiger partial charge in [0, 0.05) is 12.7 Å². The van der Waals surface area contributed by atoms with E-state index in [1.165, 1.54) is 13.2 Å². The Morgan fingerprint density at radius 2 is 1.93 bits per heavy atom. The van der Waals surface area contributed by atoms with Gasteiger partial charge in [0.2, 0.25) is 5.78 Å². The molecule has 2 aromatic carbocycles. The van der Waals surface area contributed by atoms with Crippen LogP contribution in [-0.2, 0) is 14.3 Å². The highest BCUT2D eigenvalue weighted by Crippen LogP contribution is 2.35. The van der Waals surface area contributed by atoms with E-state index >= 15 is 0 Å². The minimum absolute atomic E-state index is 0.147. The van der Waals surface area contributed by atoms with Gasteiger partial charge in [0.1, 0.15) is 11.5 Å². The molecule has 0 aliphatic carbocycles. The molecule has 7 nitrogen and oxygen atoms in total. The Bertz CT molecular complexity index is 998. The molecule has 0 saturated carbocycles. The third kappa shape index (κ3) is 3.90. The zero-order valence-electron chi connectivity index (χ0n) is 15.7. The molecule has 2 aliphatic rings. The second-order valence-corrected chi connectivity index (χ2v) is 6.63. The number of methoxy groups -OCH3 is 1. The van der Waals surface area contributed by atoms with E-state index in [1.54, 1.807) is 42.5 Å². The van der Waals surface area contributed by atoms with Crippen LogP contribution in [0.15, 0.2) is 48.2 Å². The van der Waals surface area contributed by atoms with E-state index in [0.29, 0.717) is 41.2 Å². The fourth-order valence-corrected chi connectivity index (χ4v) is 3.16. The molecule has 1 atom stereocenters. The molecule has 0 spiro atoms. The van der Waals surface area contributed by atoms with Gasteiger partial charge in [-0.25, -0.2) is 9.59 Å². The number of hydrogen-bond donors (Lipinski definition) is 0. The van der Waals surface area contributed by atoms with Crippen LogP contribution >= 0.6 is 0 Å². The number of ketones is 1. The van der Waals surface area contributed by atoms with Crippen molar-refractivity contribution in [1.82, 2.24) is 0 Å². The number of Topliss-reactive ketones (excluding diaryl/α,β-unsaturated/α-hetero) is 1. The van der Waals surface area contributed by atoms with Gasteiger partial charge in [0.15, 0.2) is 11.9 Å². The summed E-state index contributed by atoms with van der Waals surface area (Å²) < 4.78 is 21.0. The van der Waals surface area contributed by atoms with Crippen LogP contribution in [0.1, 0.15) is 39.1 Å². The van der Waals surface area contributed by atoms with Crippen molar-refractivity contribution in [2.75, 3.05) is 13.7 Å². The van der Waals surface area contributed by atoms with Crippen LogP contribution < -0.4 is 9.47 Å². The van der Waals surface area contributed by atoms with Crippen molar-refractivity contribution in [3.05, 3.63) is 64.9 Å². The summed E-state index contributed by atoms with van der Waals surface area (Å²) in [7, 11) is 1.31. The fourth-order valence-electron chi connectivity index (χ4n) is 3.16. The van der Waals surface area contributed by atoms with Crippen molar-refractivity contribution in [3.8, 4) is 11.5 Å². The SMILES string of the molecule is COC(=O)c1ccc(/C=C2\Oc3cc(OC(=O)C4CCCO4)ccc3C2=O)cc1. The smallest absolute Gasteiger partial charge is 0.340 e. The highest BCUT2D eigenvalue weighted by atomic mass is 16.6. The molecule has 0 bridgehead atoms. The van der Waals surface area contributed by atoms with Crippen LogP contribution in [0.4, 0.5) is 0 Å². The summed E-state index contributed by atoms with van der Waals surface area (Å²) in [5, 5.41) is 0. The Kier molecular flexibility index (Phi) is 5.14. The van der Waals surface area contributed by atoms with Gasteiger partial charge >= 0.3 is 11.9 Å². The average Bonchev–Trinajstić information content (AvgIpc) is 3.37. The molecule has 0 aromatic heterocycles. The first kappa shape index (κ1) is 18.9. The van der Waals surface area contributed by atoms with Gasteiger partial charge in [-0.15, -0.1) is 0 Å². The van der Waals surface area contributed by atoms with Crippen molar-refractivity contribution >= 4 is 23.8 Å². The highest BCUT2D eigenvalue weighted by molar-refractivity contribution is 6.14. The molecule has 4 rings (SSSR count). The van der Waals surface area contributed by atoms with Crippen LogP contribution in [-0.4, -0.2) is 37.5 Å². The summed E-state index contributed by atoms with van der Waals surface area (Å²) >= 11 is 0. The number of rotatable bonds is 4. The molecule has 1 saturated heterocycles. The van der Waals surface area contributed by atoms with Crippen molar-refractivity contribution in [2.45, 2.75) is 18.9 Å². The van der Waals surface area contributed by atoms with Crippen molar-refractivity contribution in [3.63, 3.8) is 0 Å². The van der Waals surface area contributed by atoms with Crippen LogP contribution in [0.25, 0.3) is 6.08 Å². The number of carbonyl (C=O) groups is 3. The van der Waals surface area contributed by atoms with Gasteiger partial charge < -0.3 is 18.9 Å². The molecule has 2 aliphatic heterocycles. The molecule has 2 aromatic rings. The van der Waals surface area contributed by atoms with Gasteiger partial charge in [-0.05, 0) is 48.7 Å². The molecule has 1 fully saturated rings. The summed E-state index contributed by atoms with van der Waals surface area (Å²) in [6.45, 7) is 0.552. The lowest BCUT2D eigenvalue weighted by Gasteiger charge is -2.09. The first-order valence-corrected chi connectivity index (χ1v) is 9.15. The summed E-state index contributed by atoms with van der Waals surface area (Å²) in [6, 6.07) is 11.2. The summed E-state index contributed by atoms with van der Waals surface area (Å²) in [4.78, 5) is 36.2. The van der Waals surface area contributed by atoms with Crippen molar-refractivity contribution in [2.24, 2.45) is 0 Å². The summed E-state index contributed by atoms with van der Waals surface area (Å²) in [5.41, 5.74) is 1.49. The standard InChI is InChI=1S/C22H18O7/c1-26-21(24)14-6-4-13(5-7-14)11-19-20(23)16-9-8-15(12-18(16)29-19)28-22(25)17-3-2-10-27-17/h4-9,11-12,17H,2-3,10H2,1H3/b19-11-. The Morgan fingerprint density at radius 3 is 2.62 bits per heavy atom. The van der Waals surface area contributed by atoms with Crippen LogP contribution in [0.2, 0.25) is 0 Å². The lowest BCUT2D eigenvalue weighted by molar-refractivity contribution is -0.144. The highest BCUT2D eigenvalue weighted by Gasteiger charge is 2.29. The van der Waals surface area contributed by atoms with Gasteiger partial charge in [0.05, 0.1) is 18.2 Å². The lowest BCUT2D eigenvalue weighted by atomic mass is 10.1. The summed E-state index contributed by atoms with van der Waals surface area (Å²) in [6.07, 6.45) is 2.51. The molecular formula is C22H18O7. The van der Waals surface area contributed by atoms with Crippen molar-refractivity contribution in [1.29, 1.82) is 0 Å². The van der Waals surface area contributed by atoms with Gasteiger partial charge in [-0.3, -0.25) is 4.79 Å². The third-order valence-corrected chi connectivity index (χ3v) is 4.68. The number of carbonyl (C=O) groups excluding carboxylic acids is 3. The molecule has 0 radical (unpaired) electrons. The average molecular weight is 394 g/mol. The van der Waals surface area contributed by atoms with E-state index < -0.39 is 18.0 Å². The summed E-state index contributed by atoms with van der Waals surface area (Å²) in [5.74, 6) is -0.392. The lowest BCUT2D eigenvalue weighted by Crippen LogP contribution is -2.24. The van der Waals surface area contributed by atoms with E-state index in [0.717, 1.165) is 6.42 Å². The molecule has 7 heteroatoms.